The fourth-order valence-corrected chi connectivity index (χ4v) is 1.83. The molecule has 0 aliphatic rings. The maximum atomic E-state index is 13.7. The maximum absolute atomic E-state index is 13.7. The lowest BCUT2D eigenvalue weighted by atomic mass is 9.98. The predicted molar refractivity (Wildman–Crippen MR) is 76.9 cm³/mol. The van der Waals surface area contributed by atoms with E-state index >= 15 is 0 Å². The molecule has 0 fully saturated rings. The molecular formula is C15H25FN2O. The third-order valence-corrected chi connectivity index (χ3v) is 3.97. The van der Waals surface area contributed by atoms with Crippen molar-refractivity contribution in [1.82, 2.24) is 4.90 Å². The van der Waals surface area contributed by atoms with Crippen molar-refractivity contribution >= 4 is 0 Å². The van der Waals surface area contributed by atoms with Crippen LogP contribution in [0.3, 0.4) is 0 Å². The third-order valence-electron chi connectivity index (χ3n) is 3.97. The molecule has 0 heterocycles. The standard InChI is InChI=1S/C15H25FN2O/c1-6-15(2,3)18(4)10-13(17)11-7-8-14(19-5)12(16)9-11/h7-9,13H,6,10,17H2,1-5H3. The van der Waals surface area contributed by atoms with Gasteiger partial charge in [0.1, 0.15) is 0 Å². The van der Waals surface area contributed by atoms with Gasteiger partial charge in [-0.2, -0.15) is 0 Å². The fourth-order valence-electron chi connectivity index (χ4n) is 1.83. The van der Waals surface area contributed by atoms with E-state index in [4.69, 9.17) is 10.5 Å². The number of likely N-dealkylation sites (N-methyl/N-ethyl adjacent to an activating group) is 1. The van der Waals surface area contributed by atoms with Gasteiger partial charge in [-0.15, -0.1) is 0 Å². The number of nitrogens with two attached hydrogens (primary N) is 1. The van der Waals surface area contributed by atoms with E-state index in [0.717, 1.165) is 12.0 Å². The average Bonchev–Trinajstić information content (AvgIpc) is 2.38. The van der Waals surface area contributed by atoms with E-state index in [-0.39, 0.29) is 23.1 Å². The van der Waals surface area contributed by atoms with Gasteiger partial charge < -0.3 is 10.5 Å². The highest BCUT2D eigenvalue weighted by atomic mass is 19.1. The highest BCUT2D eigenvalue weighted by Gasteiger charge is 2.23. The average molecular weight is 268 g/mol. The topological polar surface area (TPSA) is 38.5 Å². The number of ether oxygens (including phenoxy) is 1. The van der Waals surface area contributed by atoms with Gasteiger partial charge in [-0.1, -0.05) is 13.0 Å². The van der Waals surface area contributed by atoms with Crippen molar-refractivity contribution in [3.63, 3.8) is 0 Å². The number of hydrogen-bond acceptors (Lipinski definition) is 3. The van der Waals surface area contributed by atoms with Crippen LogP contribution < -0.4 is 10.5 Å². The lowest BCUT2D eigenvalue weighted by molar-refractivity contribution is 0.142. The summed E-state index contributed by atoms with van der Waals surface area (Å²) in [5.41, 5.74) is 7.03. The van der Waals surface area contributed by atoms with E-state index in [9.17, 15) is 4.39 Å². The molecule has 1 unspecified atom stereocenters. The van der Waals surface area contributed by atoms with Crippen molar-refractivity contribution < 1.29 is 9.13 Å². The second-order valence-corrected chi connectivity index (χ2v) is 5.55. The number of rotatable bonds is 6. The molecule has 4 heteroatoms. The van der Waals surface area contributed by atoms with Gasteiger partial charge in [0.05, 0.1) is 7.11 Å². The van der Waals surface area contributed by atoms with Crippen LogP contribution in [-0.4, -0.2) is 31.1 Å². The summed E-state index contributed by atoms with van der Waals surface area (Å²) in [7, 11) is 3.50. The third kappa shape index (κ3) is 3.91. The monoisotopic (exact) mass is 268 g/mol. The number of benzene rings is 1. The minimum absolute atomic E-state index is 0.0859. The molecule has 0 aliphatic carbocycles. The number of hydrogen-bond donors (Lipinski definition) is 1. The van der Waals surface area contributed by atoms with Crippen LogP contribution >= 0.6 is 0 Å². The van der Waals surface area contributed by atoms with Gasteiger partial charge in [-0.25, -0.2) is 4.39 Å². The van der Waals surface area contributed by atoms with E-state index in [1.54, 1.807) is 6.07 Å². The van der Waals surface area contributed by atoms with Gasteiger partial charge in [-0.05, 0) is 45.0 Å². The summed E-state index contributed by atoms with van der Waals surface area (Å²) in [5, 5.41) is 0. The zero-order valence-corrected chi connectivity index (χ0v) is 12.5. The van der Waals surface area contributed by atoms with Crippen LogP contribution in [0, 0.1) is 5.82 Å². The Balaban J connectivity index is 2.78. The Hall–Kier alpha value is -1.13. The second kappa shape index (κ2) is 6.35. The second-order valence-electron chi connectivity index (χ2n) is 5.55. The molecule has 0 spiro atoms. The summed E-state index contributed by atoms with van der Waals surface area (Å²) in [5.74, 6) is -0.119. The van der Waals surface area contributed by atoms with Crippen LogP contribution in [0.5, 0.6) is 5.75 Å². The summed E-state index contributed by atoms with van der Waals surface area (Å²) in [4.78, 5) is 2.21. The molecule has 0 radical (unpaired) electrons. The molecule has 3 nitrogen and oxygen atoms in total. The molecule has 0 saturated heterocycles. The van der Waals surface area contributed by atoms with Gasteiger partial charge in [0.25, 0.3) is 0 Å². The largest absolute Gasteiger partial charge is 0.494 e. The first-order valence-corrected chi connectivity index (χ1v) is 6.62. The van der Waals surface area contributed by atoms with E-state index < -0.39 is 0 Å². The molecule has 1 aromatic carbocycles. The number of halogens is 1. The molecule has 0 saturated carbocycles. The zero-order valence-electron chi connectivity index (χ0n) is 12.5. The molecule has 19 heavy (non-hydrogen) atoms. The minimum Gasteiger partial charge on any atom is -0.494 e. The first-order chi connectivity index (χ1) is 8.81. The van der Waals surface area contributed by atoms with Crippen molar-refractivity contribution in [2.75, 3.05) is 20.7 Å². The summed E-state index contributed by atoms with van der Waals surface area (Å²) < 4.78 is 18.6. The van der Waals surface area contributed by atoms with Crippen LogP contribution in [0.4, 0.5) is 4.39 Å². The number of methoxy groups -OCH3 is 1. The molecule has 2 N–H and O–H groups in total. The Labute approximate surface area is 115 Å². The van der Waals surface area contributed by atoms with E-state index in [1.165, 1.54) is 13.2 Å². The lowest BCUT2D eigenvalue weighted by Gasteiger charge is -2.36. The van der Waals surface area contributed by atoms with E-state index in [2.05, 4.69) is 25.7 Å². The molecule has 0 aliphatic heterocycles. The van der Waals surface area contributed by atoms with Crippen molar-refractivity contribution in [1.29, 1.82) is 0 Å². The van der Waals surface area contributed by atoms with Gasteiger partial charge in [0.2, 0.25) is 0 Å². The Morgan fingerprint density at radius 2 is 2.05 bits per heavy atom. The molecule has 1 aromatic rings. The molecular weight excluding hydrogens is 243 g/mol. The first-order valence-electron chi connectivity index (χ1n) is 6.62. The fraction of sp³-hybridized carbons (Fsp3) is 0.600. The molecule has 1 rings (SSSR count). The SMILES string of the molecule is CCC(C)(C)N(C)CC(N)c1ccc(OC)c(F)c1. The van der Waals surface area contributed by atoms with Gasteiger partial charge in [-0.3, -0.25) is 4.90 Å². The molecule has 0 bridgehead atoms. The summed E-state index contributed by atoms with van der Waals surface area (Å²) in [6.07, 6.45) is 1.03. The highest BCUT2D eigenvalue weighted by Crippen LogP contribution is 2.23. The Bertz CT molecular complexity index is 421. The van der Waals surface area contributed by atoms with Crippen molar-refractivity contribution in [2.45, 2.75) is 38.8 Å². The summed E-state index contributed by atoms with van der Waals surface area (Å²) >= 11 is 0. The van der Waals surface area contributed by atoms with Gasteiger partial charge in [0, 0.05) is 18.1 Å². The number of nitrogens with zero attached hydrogens (tertiary/aromatic N) is 1. The summed E-state index contributed by atoms with van der Waals surface area (Å²) in [6, 6.07) is 4.68. The molecule has 0 amide bonds. The molecule has 108 valence electrons. The highest BCUT2D eigenvalue weighted by molar-refractivity contribution is 5.31. The van der Waals surface area contributed by atoms with Crippen LogP contribution in [-0.2, 0) is 0 Å². The minimum atomic E-state index is -0.368. The molecule has 1 atom stereocenters. The van der Waals surface area contributed by atoms with Gasteiger partial charge in [0.15, 0.2) is 11.6 Å². The zero-order chi connectivity index (χ0) is 14.6. The van der Waals surface area contributed by atoms with Gasteiger partial charge >= 0.3 is 0 Å². The van der Waals surface area contributed by atoms with Crippen LogP contribution in [0.2, 0.25) is 0 Å². The smallest absolute Gasteiger partial charge is 0.165 e. The normalized spacial score (nSPS) is 13.7. The van der Waals surface area contributed by atoms with Crippen molar-refractivity contribution in [2.24, 2.45) is 5.73 Å². The van der Waals surface area contributed by atoms with Crippen LogP contribution in [0.25, 0.3) is 0 Å². The quantitative estimate of drug-likeness (QED) is 0.862. The first kappa shape index (κ1) is 15.9. The van der Waals surface area contributed by atoms with Crippen LogP contribution in [0.1, 0.15) is 38.8 Å². The predicted octanol–water partition coefficient (Wildman–Crippen LogP) is 2.95. The Morgan fingerprint density at radius 3 is 2.53 bits per heavy atom. The van der Waals surface area contributed by atoms with Crippen LogP contribution in [0.15, 0.2) is 18.2 Å². The van der Waals surface area contributed by atoms with E-state index in [1.807, 2.05) is 13.1 Å². The van der Waals surface area contributed by atoms with Crippen molar-refractivity contribution in [3.8, 4) is 5.75 Å². The van der Waals surface area contributed by atoms with E-state index in [0.29, 0.717) is 6.54 Å². The lowest BCUT2D eigenvalue weighted by Crippen LogP contribution is -2.44. The van der Waals surface area contributed by atoms with Crippen molar-refractivity contribution in [3.05, 3.63) is 29.6 Å². The maximum Gasteiger partial charge on any atom is 0.165 e. The molecule has 0 aromatic heterocycles. The Morgan fingerprint density at radius 1 is 1.42 bits per heavy atom. The Kier molecular flexibility index (Phi) is 5.32. The summed E-state index contributed by atoms with van der Waals surface area (Å²) in [6.45, 7) is 7.18.